The average Bonchev–Trinajstić information content (AvgIpc) is 3.47. The highest BCUT2D eigenvalue weighted by Crippen LogP contribution is 2.46. The van der Waals surface area contributed by atoms with E-state index in [-0.39, 0.29) is 18.9 Å². The van der Waals surface area contributed by atoms with Gasteiger partial charge in [0.25, 0.3) is 5.91 Å². The molecule has 0 radical (unpaired) electrons. The van der Waals surface area contributed by atoms with E-state index >= 15 is 0 Å². The number of morpholine rings is 1. The van der Waals surface area contributed by atoms with Crippen LogP contribution >= 0.6 is 0 Å². The summed E-state index contributed by atoms with van der Waals surface area (Å²) in [6, 6.07) is 21.0. The fraction of sp³-hybridized carbons (Fsp3) is 0.375. The molecule has 0 aromatic heterocycles. The summed E-state index contributed by atoms with van der Waals surface area (Å²) < 4.78 is 17.7. The number of carbonyl (C=O) groups is 1. The molecule has 3 aromatic carbocycles. The first kappa shape index (κ1) is 32.3. The molecule has 1 fully saturated rings. The summed E-state index contributed by atoms with van der Waals surface area (Å²) >= 11 is 0. The first-order chi connectivity index (χ1) is 22.6. The van der Waals surface area contributed by atoms with Crippen LogP contribution in [0, 0.1) is 0 Å². The normalized spacial score (nSPS) is 19.2. The molecule has 2 atom stereocenters. The summed E-state index contributed by atoms with van der Waals surface area (Å²) in [7, 11) is 0. The smallest absolute Gasteiger partial charge is 0.252 e. The minimum absolute atomic E-state index is 0.0205. The largest absolute Gasteiger partial charge is 0.494 e. The standard InChI is InChI=1S/C32H35N9O5/c33-39-37-27-8-3-1-6-24(27)22-32(31(43)35-14-15-41-16-20-44-21-17-41)29(26-7-2-4-9-28(26)38-40-34)46-30(36-32)23-10-12-25(13-11-23)45-19-5-18-42/h1-4,6-13,29,42H,5,14-22H2,(H,35,43)/t29-,32-/m1/s1. The fourth-order valence-corrected chi connectivity index (χ4v) is 5.51. The Morgan fingerprint density at radius 1 is 1.02 bits per heavy atom. The Labute approximate surface area is 265 Å². The summed E-state index contributed by atoms with van der Waals surface area (Å²) in [4.78, 5) is 27.7. The lowest BCUT2D eigenvalue weighted by molar-refractivity contribution is -0.129. The first-order valence-corrected chi connectivity index (χ1v) is 15.0. The zero-order chi connectivity index (χ0) is 32.2. The van der Waals surface area contributed by atoms with Crippen molar-refractivity contribution in [3.05, 3.63) is 110 Å². The van der Waals surface area contributed by atoms with Crippen LogP contribution in [0.3, 0.4) is 0 Å². The minimum atomic E-state index is -1.58. The second-order valence-electron chi connectivity index (χ2n) is 10.7. The van der Waals surface area contributed by atoms with E-state index in [0.29, 0.717) is 73.1 Å². The predicted octanol–water partition coefficient (Wildman–Crippen LogP) is 5.28. The van der Waals surface area contributed by atoms with Gasteiger partial charge in [0.1, 0.15) is 5.75 Å². The van der Waals surface area contributed by atoms with Crippen LogP contribution in [0.4, 0.5) is 11.4 Å². The predicted molar refractivity (Wildman–Crippen MR) is 171 cm³/mol. The molecule has 2 heterocycles. The lowest BCUT2D eigenvalue weighted by Crippen LogP contribution is -2.51. The number of nitrogens with one attached hydrogen (secondary N) is 1. The van der Waals surface area contributed by atoms with Gasteiger partial charge in [-0.2, -0.15) is 0 Å². The number of azide groups is 2. The van der Waals surface area contributed by atoms with Crippen molar-refractivity contribution >= 4 is 23.2 Å². The molecular weight excluding hydrogens is 590 g/mol. The summed E-state index contributed by atoms with van der Waals surface area (Å²) in [6.07, 6.45) is -0.482. The Hall–Kier alpha value is -5.10. The number of rotatable bonds is 14. The van der Waals surface area contributed by atoms with Gasteiger partial charge in [0.05, 0.1) is 19.8 Å². The number of hydrogen-bond donors (Lipinski definition) is 2. The third-order valence-corrected chi connectivity index (χ3v) is 7.82. The van der Waals surface area contributed by atoms with Gasteiger partial charge in [-0.25, -0.2) is 4.99 Å². The van der Waals surface area contributed by atoms with Crippen LogP contribution < -0.4 is 10.1 Å². The van der Waals surface area contributed by atoms with Crippen molar-refractivity contribution in [2.24, 2.45) is 15.2 Å². The Bertz CT molecular complexity index is 1630. The maximum absolute atomic E-state index is 14.5. The fourth-order valence-electron chi connectivity index (χ4n) is 5.51. The summed E-state index contributed by atoms with van der Waals surface area (Å²) in [5.74, 6) is 0.430. The van der Waals surface area contributed by atoms with Crippen LogP contribution in [-0.2, 0) is 20.7 Å². The van der Waals surface area contributed by atoms with Crippen molar-refractivity contribution < 1.29 is 24.1 Å². The monoisotopic (exact) mass is 625 g/mol. The van der Waals surface area contributed by atoms with Gasteiger partial charge in [-0.3, -0.25) is 9.69 Å². The molecule has 2 aliphatic heterocycles. The van der Waals surface area contributed by atoms with Crippen LogP contribution in [0.25, 0.3) is 20.9 Å². The van der Waals surface area contributed by atoms with E-state index in [2.05, 4.69) is 30.3 Å². The van der Waals surface area contributed by atoms with Crippen LogP contribution in [0.5, 0.6) is 5.75 Å². The van der Waals surface area contributed by atoms with Crippen molar-refractivity contribution in [1.29, 1.82) is 0 Å². The Morgan fingerprint density at radius 3 is 2.46 bits per heavy atom. The van der Waals surface area contributed by atoms with Gasteiger partial charge in [0.2, 0.25) is 5.90 Å². The highest BCUT2D eigenvalue weighted by molar-refractivity contribution is 6.01. The number of ether oxygens (including phenoxy) is 3. The van der Waals surface area contributed by atoms with Crippen molar-refractivity contribution in [1.82, 2.24) is 10.2 Å². The molecule has 0 saturated carbocycles. The average molecular weight is 626 g/mol. The Balaban J connectivity index is 1.58. The van der Waals surface area contributed by atoms with E-state index < -0.39 is 17.6 Å². The van der Waals surface area contributed by atoms with Crippen LogP contribution in [0.15, 0.2) is 88.0 Å². The van der Waals surface area contributed by atoms with Gasteiger partial charge in [0, 0.05) is 78.0 Å². The van der Waals surface area contributed by atoms with E-state index in [9.17, 15) is 15.9 Å². The second kappa shape index (κ2) is 15.8. The third-order valence-electron chi connectivity index (χ3n) is 7.82. The molecule has 14 nitrogen and oxygen atoms in total. The van der Waals surface area contributed by atoms with Crippen molar-refractivity contribution in [2.75, 3.05) is 52.6 Å². The van der Waals surface area contributed by atoms with Crippen LogP contribution in [0.1, 0.15) is 29.2 Å². The van der Waals surface area contributed by atoms with Crippen LogP contribution in [0.2, 0.25) is 0 Å². The number of aliphatic imine (C=N–C) groups is 1. The lowest BCUT2D eigenvalue weighted by Gasteiger charge is -2.32. The van der Waals surface area contributed by atoms with Gasteiger partial charge >= 0.3 is 0 Å². The molecule has 3 aromatic rings. The topological polar surface area (TPSA) is 190 Å². The molecule has 0 spiro atoms. The summed E-state index contributed by atoms with van der Waals surface area (Å²) in [5, 5.41) is 19.9. The number of aliphatic hydroxyl groups excluding tert-OH is 1. The van der Waals surface area contributed by atoms with E-state index in [0.717, 1.165) is 13.1 Å². The number of aliphatic hydroxyl groups is 1. The molecule has 1 saturated heterocycles. The van der Waals surface area contributed by atoms with Gasteiger partial charge in [-0.05, 0) is 40.9 Å². The second-order valence-corrected chi connectivity index (χ2v) is 10.7. The molecule has 0 bridgehead atoms. The molecule has 0 aliphatic carbocycles. The molecule has 238 valence electrons. The molecule has 46 heavy (non-hydrogen) atoms. The zero-order valence-electron chi connectivity index (χ0n) is 25.2. The van der Waals surface area contributed by atoms with E-state index in [4.69, 9.17) is 24.3 Å². The molecule has 14 heteroatoms. The molecule has 2 N–H and O–H groups in total. The Morgan fingerprint density at radius 2 is 1.72 bits per heavy atom. The summed E-state index contributed by atoms with van der Waals surface area (Å²) in [5.41, 5.74) is 19.4. The molecule has 2 aliphatic rings. The van der Waals surface area contributed by atoms with E-state index in [1.165, 1.54) is 0 Å². The number of carbonyl (C=O) groups excluding carboxylic acids is 1. The highest BCUT2D eigenvalue weighted by Gasteiger charge is 2.54. The van der Waals surface area contributed by atoms with Crippen molar-refractivity contribution in [2.45, 2.75) is 24.5 Å². The minimum Gasteiger partial charge on any atom is -0.494 e. The van der Waals surface area contributed by atoms with Crippen molar-refractivity contribution in [3.8, 4) is 5.75 Å². The van der Waals surface area contributed by atoms with Crippen LogP contribution in [-0.4, -0.2) is 80.0 Å². The number of benzene rings is 3. The first-order valence-electron chi connectivity index (χ1n) is 15.0. The number of nitrogens with zero attached hydrogens (tertiary/aromatic N) is 8. The van der Waals surface area contributed by atoms with Gasteiger partial charge in [-0.1, -0.05) is 58.8 Å². The maximum atomic E-state index is 14.5. The number of amides is 1. The van der Waals surface area contributed by atoms with Crippen molar-refractivity contribution in [3.63, 3.8) is 0 Å². The quantitative estimate of drug-likeness (QED) is 0.106. The molecule has 0 unspecified atom stereocenters. The Kier molecular flexibility index (Phi) is 11.1. The lowest BCUT2D eigenvalue weighted by atomic mass is 9.81. The maximum Gasteiger partial charge on any atom is 0.252 e. The van der Waals surface area contributed by atoms with Gasteiger partial charge in [-0.15, -0.1) is 0 Å². The number of hydrogen-bond acceptors (Lipinski definition) is 9. The SMILES string of the molecule is [N-]=[N+]=Nc1ccccc1C[C@@]1(C(=O)NCCN2CCOCC2)N=C(c2ccc(OCCCO)cc2)O[C@@H]1c1ccccc1N=[N+]=[N-]. The van der Waals surface area contributed by atoms with Gasteiger partial charge in [0.15, 0.2) is 11.6 Å². The highest BCUT2D eigenvalue weighted by atomic mass is 16.5. The zero-order valence-corrected chi connectivity index (χ0v) is 25.2. The third kappa shape index (κ3) is 7.57. The van der Waals surface area contributed by atoms with E-state index in [1.54, 1.807) is 72.8 Å². The molecule has 1 amide bonds. The molecular formula is C32H35N9O5. The van der Waals surface area contributed by atoms with E-state index in [1.807, 2.05) is 0 Å². The summed E-state index contributed by atoms with van der Waals surface area (Å²) in [6.45, 7) is 4.19. The molecule has 5 rings (SSSR count). The van der Waals surface area contributed by atoms with Gasteiger partial charge < -0.3 is 24.6 Å².